The van der Waals surface area contributed by atoms with Crippen LogP contribution < -0.4 is 14.5 Å². The van der Waals surface area contributed by atoms with Crippen LogP contribution in [0.2, 0.25) is 0 Å². The maximum absolute atomic E-state index is 13.3. The van der Waals surface area contributed by atoms with Gasteiger partial charge in [0, 0.05) is 37.0 Å². The molecule has 0 bridgehead atoms. The van der Waals surface area contributed by atoms with Crippen molar-refractivity contribution in [1.82, 2.24) is 9.97 Å². The van der Waals surface area contributed by atoms with E-state index in [1.54, 1.807) is 13.4 Å². The van der Waals surface area contributed by atoms with Crippen LogP contribution in [0.5, 0.6) is 5.75 Å². The number of aromatic nitrogens is 2. The van der Waals surface area contributed by atoms with Gasteiger partial charge in [-0.15, -0.1) is 0 Å². The standard InChI is InChI=1S/C25H26N4O2/c1-31-21-10-8-18(9-11-21)22-15-24(27-17-26-22)28-13-4-6-20(16-28)25(30)29-14-12-19-5-2-3-7-23(19)29/h2-3,5,7-11,15,17,20H,4,6,12-14,16H2,1H3/t20-/m1/s1. The van der Waals surface area contributed by atoms with Crippen molar-refractivity contribution in [3.63, 3.8) is 0 Å². The minimum Gasteiger partial charge on any atom is -0.497 e. The van der Waals surface area contributed by atoms with Crippen LogP contribution in [0.3, 0.4) is 0 Å². The van der Waals surface area contributed by atoms with Gasteiger partial charge >= 0.3 is 0 Å². The van der Waals surface area contributed by atoms with Gasteiger partial charge in [0.15, 0.2) is 0 Å². The fourth-order valence-electron chi connectivity index (χ4n) is 4.61. The Labute approximate surface area is 182 Å². The van der Waals surface area contributed by atoms with Crippen molar-refractivity contribution < 1.29 is 9.53 Å². The first-order chi connectivity index (χ1) is 15.2. The number of para-hydroxylation sites is 1. The van der Waals surface area contributed by atoms with Gasteiger partial charge in [-0.05, 0) is 55.2 Å². The molecule has 1 amide bonds. The Morgan fingerprint density at radius 2 is 1.90 bits per heavy atom. The molecule has 0 aliphatic carbocycles. The third kappa shape index (κ3) is 3.85. The molecule has 158 valence electrons. The molecule has 6 heteroatoms. The lowest BCUT2D eigenvalue weighted by molar-refractivity contribution is -0.122. The van der Waals surface area contributed by atoms with Gasteiger partial charge in [0.25, 0.3) is 0 Å². The summed E-state index contributed by atoms with van der Waals surface area (Å²) >= 11 is 0. The quantitative estimate of drug-likeness (QED) is 0.647. The largest absolute Gasteiger partial charge is 0.497 e. The Morgan fingerprint density at radius 3 is 2.74 bits per heavy atom. The summed E-state index contributed by atoms with van der Waals surface area (Å²) in [5.74, 6) is 1.91. The maximum atomic E-state index is 13.3. The highest BCUT2D eigenvalue weighted by atomic mass is 16.5. The number of fused-ring (bicyclic) bond motifs is 1. The molecule has 0 spiro atoms. The lowest BCUT2D eigenvalue weighted by Crippen LogP contribution is -2.44. The Hall–Kier alpha value is -3.41. The second kappa shape index (κ2) is 8.38. The summed E-state index contributed by atoms with van der Waals surface area (Å²) in [5.41, 5.74) is 4.23. The molecular weight excluding hydrogens is 388 g/mol. The van der Waals surface area contributed by atoms with Crippen molar-refractivity contribution in [3.05, 3.63) is 66.5 Å². The molecule has 0 unspecified atom stereocenters. The zero-order chi connectivity index (χ0) is 21.2. The number of amides is 1. The summed E-state index contributed by atoms with van der Waals surface area (Å²) in [6, 6.07) is 18.1. The third-order valence-electron chi connectivity index (χ3n) is 6.29. The topological polar surface area (TPSA) is 58.6 Å². The molecule has 3 aromatic rings. The van der Waals surface area contributed by atoms with Crippen molar-refractivity contribution in [2.75, 3.05) is 36.5 Å². The molecule has 1 atom stereocenters. The van der Waals surface area contributed by atoms with Crippen molar-refractivity contribution in [3.8, 4) is 17.0 Å². The molecule has 1 saturated heterocycles. The molecule has 0 N–H and O–H groups in total. The summed E-state index contributed by atoms with van der Waals surface area (Å²) in [6.07, 6.45) is 4.45. The SMILES string of the molecule is COc1ccc(-c2cc(N3CCC[C@@H](C(=O)N4CCc5ccccc54)C3)ncn2)cc1. The molecule has 0 saturated carbocycles. The van der Waals surface area contributed by atoms with Gasteiger partial charge in [-0.1, -0.05) is 18.2 Å². The number of benzene rings is 2. The van der Waals surface area contributed by atoms with Crippen LogP contribution in [0.4, 0.5) is 11.5 Å². The first-order valence-corrected chi connectivity index (χ1v) is 10.8. The lowest BCUT2D eigenvalue weighted by atomic mass is 9.96. The van der Waals surface area contributed by atoms with Crippen LogP contribution in [0, 0.1) is 5.92 Å². The predicted octanol–water partition coefficient (Wildman–Crippen LogP) is 3.96. The van der Waals surface area contributed by atoms with E-state index in [1.807, 2.05) is 47.4 Å². The number of ether oxygens (including phenoxy) is 1. The molecule has 2 aliphatic heterocycles. The molecule has 2 aromatic carbocycles. The van der Waals surface area contributed by atoms with Crippen LogP contribution in [0.1, 0.15) is 18.4 Å². The van der Waals surface area contributed by atoms with Gasteiger partial charge in [0.1, 0.15) is 17.9 Å². The molecule has 31 heavy (non-hydrogen) atoms. The summed E-state index contributed by atoms with van der Waals surface area (Å²) in [6.45, 7) is 2.37. The van der Waals surface area contributed by atoms with Crippen LogP contribution in [-0.4, -0.2) is 42.6 Å². The smallest absolute Gasteiger partial charge is 0.231 e. The van der Waals surface area contributed by atoms with Gasteiger partial charge in [-0.3, -0.25) is 4.79 Å². The summed E-state index contributed by atoms with van der Waals surface area (Å²) in [5, 5.41) is 0. The van der Waals surface area contributed by atoms with E-state index in [0.29, 0.717) is 6.54 Å². The highest BCUT2D eigenvalue weighted by Crippen LogP contribution is 2.32. The minimum atomic E-state index is -0.0145. The molecular formula is C25H26N4O2. The average molecular weight is 415 g/mol. The fourth-order valence-corrected chi connectivity index (χ4v) is 4.61. The number of carbonyl (C=O) groups is 1. The van der Waals surface area contributed by atoms with E-state index in [0.717, 1.165) is 60.9 Å². The molecule has 1 fully saturated rings. The second-order valence-electron chi connectivity index (χ2n) is 8.14. The minimum absolute atomic E-state index is 0.0145. The number of methoxy groups -OCH3 is 1. The summed E-state index contributed by atoms with van der Waals surface area (Å²) in [7, 11) is 1.66. The van der Waals surface area contributed by atoms with E-state index in [4.69, 9.17) is 4.74 Å². The first kappa shape index (κ1) is 19.5. The zero-order valence-electron chi connectivity index (χ0n) is 17.7. The predicted molar refractivity (Wildman–Crippen MR) is 121 cm³/mol. The Morgan fingerprint density at radius 1 is 1.06 bits per heavy atom. The van der Waals surface area contributed by atoms with E-state index in [9.17, 15) is 4.79 Å². The van der Waals surface area contributed by atoms with Gasteiger partial charge < -0.3 is 14.5 Å². The first-order valence-electron chi connectivity index (χ1n) is 10.8. The van der Waals surface area contributed by atoms with Crippen LogP contribution >= 0.6 is 0 Å². The summed E-state index contributed by atoms with van der Waals surface area (Å²) in [4.78, 5) is 26.5. The number of rotatable bonds is 4. The monoisotopic (exact) mass is 414 g/mol. The Balaban J connectivity index is 1.33. The van der Waals surface area contributed by atoms with Crippen LogP contribution in [0.25, 0.3) is 11.3 Å². The highest BCUT2D eigenvalue weighted by Gasteiger charge is 2.33. The fraction of sp³-hybridized carbons (Fsp3) is 0.320. The maximum Gasteiger partial charge on any atom is 0.231 e. The number of anilines is 2. The number of hydrogen-bond donors (Lipinski definition) is 0. The second-order valence-corrected chi connectivity index (χ2v) is 8.14. The average Bonchev–Trinajstić information content (AvgIpc) is 3.28. The number of piperidine rings is 1. The van der Waals surface area contributed by atoms with E-state index in [1.165, 1.54) is 5.56 Å². The van der Waals surface area contributed by atoms with Crippen LogP contribution in [-0.2, 0) is 11.2 Å². The number of nitrogens with zero attached hydrogens (tertiary/aromatic N) is 4. The molecule has 6 nitrogen and oxygen atoms in total. The highest BCUT2D eigenvalue weighted by molar-refractivity contribution is 5.97. The van der Waals surface area contributed by atoms with E-state index in [-0.39, 0.29) is 11.8 Å². The van der Waals surface area contributed by atoms with E-state index < -0.39 is 0 Å². The lowest BCUT2D eigenvalue weighted by Gasteiger charge is -2.34. The molecule has 2 aliphatic rings. The Bertz CT molecular complexity index is 1080. The Kier molecular flexibility index (Phi) is 5.28. The molecule has 3 heterocycles. The van der Waals surface area contributed by atoms with Crippen LogP contribution in [0.15, 0.2) is 60.9 Å². The van der Waals surface area contributed by atoms with Gasteiger partial charge in [0.05, 0.1) is 18.7 Å². The molecule has 1 aromatic heterocycles. The van der Waals surface area contributed by atoms with E-state index >= 15 is 0 Å². The molecule has 0 radical (unpaired) electrons. The van der Waals surface area contributed by atoms with Gasteiger partial charge in [-0.25, -0.2) is 9.97 Å². The van der Waals surface area contributed by atoms with Gasteiger partial charge in [0.2, 0.25) is 5.91 Å². The number of carbonyl (C=O) groups excluding carboxylic acids is 1. The van der Waals surface area contributed by atoms with Crippen molar-refractivity contribution in [2.45, 2.75) is 19.3 Å². The summed E-state index contributed by atoms with van der Waals surface area (Å²) < 4.78 is 5.25. The van der Waals surface area contributed by atoms with Crippen molar-refractivity contribution >= 4 is 17.4 Å². The normalized spacial score (nSPS) is 18.0. The number of hydrogen-bond acceptors (Lipinski definition) is 5. The molecule has 5 rings (SSSR count). The zero-order valence-corrected chi connectivity index (χ0v) is 17.7. The van der Waals surface area contributed by atoms with Gasteiger partial charge in [-0.2, -0.15) is 0 Å². The van der Waals surface area contributed by atoms with Crippen molar-refractivity contribution in [2.24, 2.45) is 5.92 Å². The third-order valence-corrected chi connectivity index (χ3v) is 6.29. The van der Waals surface area contributed by atoms with Crippen molar-refractivity contribution in [1.29, 1.82) is 0 Å². The van der Waals surface area contributed by atoms with E-state index in [2.05, 4.69) is 27.0 Å².